The fourth-order valence-corrected chi connectivity index (χ4v) is 5.24. The monoisotopic (exact) mass is 595 g/mol. The van der Waals surface area contributed by atoms with Gasteiger partial charge >= 0.3 is 0 Å². The van der Waals surface area contributed by atoms with Gasteiger partial charge in [0.2, 0.25) is 0 Å². The summed E-state index contributed by atoms with van der Waals surface area (Å²) in [4.78, 5) is 4.55. The van der Waals surface area contributed by atoms with Gasteiger partial charge in [-0.2, -0.15) is 0 Å². The van der Waals surface area contributed by atoms with Crippen LogP contribution >= 0.6 is 0 Å². The first-order valence-corrected chi connectivity index (χ1v) is 11.3. The number of rotatable bonds is 1. The van der Waals surface area contributed by atoms with E-state index in [2.05, 4.69) is 42.2 Å². The molecule has 0 saturated heterocycles. The molecule has 0 amide bonds. The summed E-state index contributed by atoms with van der Waals surface area (Å²) >= 11 is 0. The molecule has 167 valence electrons. The van der Waals surface area contributed by atoms with Crippen molar-refractivity contribution in [1.82, 2.24) is 4.98 Å². The molecular formula is C27H32IrNO2-. The second-order valence-corrected chi connectivity index (χ2v) is 8.80. The average Bonchev–Trinajstić information content (AvgIpc) is 2.97. The number of aliphatic hydroxyl groups excluding tert-OH is 2. The van der Waals surface area contributed by atoms with E-state index in [4.69, 9.17) is 0 Å². The van der Waals surface area contributed by atoms with Crippen LogP contribution in [0, 0.1) is 24.8 Å². The van der Waals surface area contributed by atoms with Crippen LogP contribution in [0.2, 0.25) is 0 Å². The predicted octanol–water partition coefficient (Wildman–Crippen LogP) is 5.71. The topological polar surface area (TPSA) is 53.4 Å². The third kappa shape index (κ3) is 5.62. The molecule has 2 N–H and O–H groups in total. The minimum atomic E-state index is -0.234. The van der Waals surface area contributed by atoms with Crippen molar-refractivity contribution >= 4 is 10.8 Å². The number of aromatic nitrogens is 1. The Morgan fingerprint density at radius 3 is 2.23 bits per heavy atom. The summed E-state index contributed by atoms with van der Waals surface area (Å²) in [5.74, 6) is 0.789. The second-order valence-electron chi connectivity index (χ2n) is 8.80. The minimum Gasteiger partial charge on any atom is -0.393 e. The molecule has 4 unspecified atom stereocenters. The van der Waals surface area contributed by atoms with Gasteiger partial charge < -0.3 is 15.2 Å². The van der Waals surface area contributed by atoms with Crippen molar-refractivity contribution in [3.05, 3.63) is 66.4 Å². The van der Waals surface area contributed by atoms with E-state index in [0.29, 0.717) is 5.92 Å². The zero-order chi connectivity index (χ0) is 20.9. The van der Waals surface area contributed by atoms with E-state index >= 15 is 0 Å². The van der Waals surface area contributed by atoms with Gasteiger partial charge in [-0.15, -0.1) is 35.9 Å². The van der Waals surface area contributed by atoms with E-state index in [1.54, 1.807) is 0 Å². The molecule has 0 aliphatic heterocycles. The maximum absolute atomic E-state index is 9.89. The van der Waals surface area contributed by atoms with Gasteiger partial charge in [0.1, 0.15) is 0 Å². The van der Waals surface area contributed by atoms with Crippen molar-refractivity contribution in [2.75, 3.05) is 0 Å². The molecule has 0 spiro atoms. The summed E-state index contributed by atoms with van der Waals surface area (Å²) in [6.07, 6.45) is 9.24. The van der Waals surface area contributed by atoms with Gasteiger partial charge in [-0.25, -0.2) is 0 Å². The van der Waals surface area contributed by atoms with Crippen LogP contribution in [-0.2, 0) is 20.1 Å². The molecule has 5 rings (SSSR count). The Labute approximate surface area is 199 Å². The normalized spacial score (nSPS) is 25.4. The number of aryl methyl sites for hydroxylation is 1. The summed E-state index contributed by atoms with van der Waals surface area (Å²) < 4.78 is 0. The van der Waals surface area contributed by atoms with Crippen LogP contribution < -0.4 is 0 Å². The molecule has 2 aliphatic carbocycles. The number of aliphatic hydroxyl groups is 2. The maximum atomic E-state index is 9.89. The third-order valence-electron chi connectivity index (χ3n) is 6.79. The van der Waals surface area contributed by atoms with Gasteiger partial charge in [-0.1, -0.05) is 43.5 Å². The van der Waals surface area contributed by atoms with Crippen molar-refractivity contribution in [2.45, 2.75) is 64.1 Å². The second kappa shape index (κ2) is 11.3. The SMILES string of the molecule is Cc1cnc(-c2[c-]cccc2)c2ccccc12.OC1CCCCC2CCCC(O)C12.[Ir]. The minimum absolute atomic E-state index is 0. The van der Waals surface area contributed by atoms with Crippen LogP contribution in [0.4, 0.5) is 0 Å². The van der Waals surface area contributed by atoms with Crippen LogP contribution in [0.5, 0.6) is 0 Å². The quantitative estimate of drug-likeness (QED) is 0.355. The van der Waals surface area contributed by atoms with E-state index < -0.39 is 0 Å². The number of fused-ring (bicyclic) bond motifs is 2. The Hall–Kier alpha value is -1.58. The Bertz CT molecular complexity index is 962. The van der Waals surface area contributed by atoms with Gasteiger partial charge in [0, 0.05) is 32.2 Å². The number of hydrogen-bond acceptors (Lipinski definition) is 3. The molecule has 2 saturated carbocycles. The average molecular weight is 595 g/mol. The van der Waals surface area contributed by atoms with Gasteiger partial charge in [-0.05, 0) is 60.6 Å². The number of pyridine rings is 1. The van der Waals surface area contributed by atoms with Gasteiger partial charge in [0.15, 0.2) is 0 Å². The Morgan fingerprint density at radius 1 is 0.839 bits per heavy atom. The van der Waals surface area contributed by atoms with E-state index in [0.717, 1.165) is 36.9 Å². The van der Waals surface area contributed by atoms with Crippen LogP contribution in [0.25, 0.3) is 22.0 Å². The molecule has 2 aromatic carbocycles. The summed E-state index contributed by atoms with van der Waals surface area (Å²) in [5, 5.41) is 22.2. The van der Waals surface area contributed by atoms with Gasteiger partial charge in [0.05, 0.1) is 12.2 Å². The van der Waals surface area contributed by atoms with Gasteiger partial charge in [-0.3, -0.25) is 0 Å². The van der Waals surface area contributed by atoms with E-state index in [9.17, 15) is 10.2 Å². The summed E-state index contributed by atoms with van der Waals surface area (Å²) in [7, 11) is 0. The summed E-state index contributed by atoms with van der Waals surface area (Å²) in [5.41, 5.74) is 3.26. The molecule has 0 bridgehead atoms. The largest absolute Gasteiger partial charge is 0.393 e. The molecule has 4 atom stereocenters. The first-order valence-electron chi connectivity index (χ1n) is 11.3. The maximum Gasteiger partial charge on any atom is 0.0595 e. The van der Waals surface area contributed by atoms with Crippen molar-refractivity contribution < 1.29 is 30.3 Å². The number of hydrogen-bond donors (Lipinski definition) is 2. The molecule has 2 aliphatic rings. The molecule has 1 radical (unpaired) electrons. The van der Waals surface area contributed by atoms with Crippen molar-refractivity contribution in [3.63, 3.8) is 0 Å². The van der Waals surface area contributed by atoms with Crippen molar-refractivity contribution in [1.29, 1.82) is 0 Å². The predicted molar refractivity (Wildman–Crippen MR) is 122 cm³/mol. The molecule has 2 fully saturated rings. The zero-order valence-electron chi connectivity index (χ0n) is 18.1. The van der Waals surface area contributed by atoms with Crippen molar-refractivity contribution in [3.8, 4) is 11.3 Å². The molecule has 1 aromatic heterocycles. The molecular weight excluding hydrogens is 563 g/mol. The van der Waals surface area contributed by atoms with E-state index in [1.807, 2.05) is 30.5 Å². The van der Waals surface area contributed by atoms with Crippen LogP contribution in [0.3, 0.4) is 0 Å². The zero-order valence-corrected chi connectivity index (χ0v) is 20.5. The van der Waals surface area contributed by atoms with Crippen LogP contribution in [-0.4, -0.2) is 27.4 Å². The molecule has 1 heterocycles. The molecule has 3 nitrogen and oxygen atoms in total. The van der Waals surface area contributed by atoms with Crippen LogP contribution in [0.1, 0.15) is 50.5 Å². The van der Waals surface area contributed by atoms with Gasteiger partial charge in [0.25, 0.3) is 0 Å². The van der Waals surface area contributed by atoms with E-state index in [-0.39, 0.29) is 38.2 Å². The number of nitrogens with zero attached hydrogens (tertiary/aromatic N) is 1. The summed E-state index contributed by atoms with van der Waals surface area (Å²) in [6, 6.07) is 19.6. The van der Waals surface area contributed by atoms with E-state index in [1.165, 1.54) is 35.6 Å². The molecule has 31 heavy (non-hydrogen) atoms. The first-order chi connectivity index (χ1) is 14.6. The molecule has 4 heteroatoms. The third-order valence-corrected chi connectivity index (χ3v) is 6.79. The molecule has 3 aromatic rings. The Balaban J connectivity index is 0.000000176. The Morgan fingerprint density at radius 2 is 1.48 bits per heavy atom. The first kappa shape index (κ1) is 24.1. The fraction of sp³-hybridized carbons (Fsp3) is 0.444. The van der Waals surface area contributed by atoms with Crippen LogP contribution in [0.15, 0.2) is 54.7 Å². The Kier molecular flexibility index (Phi) is 8.80. The standard InChI is InChI=1S/C16H12N.C11H20O2.Ir/c1-12-11-17-16(13-7-3-2-4-8-13)15-10-6-5-9-14(12)15;12-9-6-2-1-4-8-5-3-7-10(13)11(8)9;/h2-7,9-11H,1H3;8-13H,1-7H2;/q-1;;. The van der Waals surface area contributed by atoms with Crippen molar-refractivity contribution in [2.24, 2.45) is 11.8 Å². The fourth-order valence-electron chi connectivity index (χ4n) is 5.24. The smallest absolute Gasteiger partial charge is 0.0595 e. The summed E-state index contributed by atoms with van der Waals surface area (Å²) in [6.45, 7) is 2.09. The number of benzene rings is 2.